The van der Waals surface area contributed by atoms with Crippen molar-refractivity contribution in [3.63, 3.8) is 0 Å². The van der Waals surface area contributed by atoms with Crippen molar-refractivity contribution in [2.24, 2.45) is 5.73 Å². The molecule has 0 fully saturated rings. The van der Waals surface area contributed by atoms with Gasteiger partial charge in [-0.05, 0) is 25.8 Å². The van der Waals surface area contributed by atoms with Gasteiger partial charge >= 0.3 is 5.91 Å². The molecule has 1 aromatic heterocycles. The SMILES string of the molecule is NCCCCC(NO)C(=O)[n+]1ccccc1. The molecule has 0 aliphatic heterocycles. The van der Waals surface area contributed by atoms with Crippen LogP contribution >= 0.6 is 0 Å². The maximum Gasteiger partial charge on any atom is 0.411 e. The predicted molar refractivity (Wildman–Crippen MR) is 58.9 cm³/mol. The Balaban J connectivity index is 2.56. The number of hydrogen-bond donors (Lipinski definition) is 3. The van der Waals surface area contributed by atoms with Crippen LogP contribution in [0.1, 0.15) is 24.1 Å². The van der Waals surface area contributed by atoms with E-state index in [4.69, 9.17) is 10.9 Å². The lowest BCUT2D eigenvalue weighted by atomic mass is 10.1. The van der Waals surface area contributed by atoms with Gasteiger partial charge in [0.05, 0.1) is 0 Å². The minimum atomic E-state index is -0.570. The highest BCUT2D eigenvalue weighted by Gasteiger charge is 2.25. The van der Waals surface area contributed by atoms with Crippen molar-refractivity contribution in [3.05, 3.63) is 30.6 Å². The zero-order valence-electron chi connectivity index (χ0n) is 9.17. The lowest BCUT2D eigenvalue weighted by Crippen LogP contribution is -2.53. The molecule has 0 aromatic carbocycles. The van der Waals surface area contributed by atoms with Crippen molar-refractivity contribution in [1.29, 1.82) is 0 Å². The number of nitrogens with one attached hydrogen (secondary N) is 1. The number of hydrogen-bond acceptors (Lipinski definition) is 4. The van der Waals surface area contributed by atoms with Gasteiger partial charge in [-0.3, -0.25) is 0 Å². The first-order valence-electron chi connectivity index (χ1n) is 5.39. The second-order valence-electron chi connectivity index (χ2n) is 3.59. The quantitative estimate of drug-likeness (QED) is 0.363. The van der Waals surface area contributed by atoms with Crippen LogP contribution in [0.2, 0.25) is 0 Å². The van der Waals surface area contributed by atoms with Gasteiger partial charge < -0.3 is 10.9 Å². The van der Waals surface area contributed by atoms with Gasteiger partial charge in [0.25, 0.3) is 0 Å². The molecule has 0 spiro atoms. The summed E-state index contributed by atoms with van der Waals surface area (Å²) in [6, 6.07) is 4.80. The fourth-order valence-corrected chi connectivity index (χ4v) is 1.46. The maximum absolute atomic E-state index is 11.9. The molecule has 0 radical (unpaired) electrons. The van der Waals surface area contributed by atoms with Gasteiger partial charge in [-0.25, -0.2) is 4.79 Å². The molecule has 1 atom stereocenters. The second kappa shape index (κ2) is 7.05. The molecule has 1 unspecified atom stereocenters. The number of nitrogens with zero attached hydrogens (tertiary/aromatic N) is 1. The average Bonchev–Trinajstić information content (AvgIpc) is 2.35. The molecule has 88 valence electrons. The van der Waals surface area contributed by atoms with Crippen molar-refractivity contribution >= 4 is 5.91 Å². The number of aromatic nitrogens is 1. The average molecular weight is 224 g/mol. The number of rotatable bonds is 6. The standard InChI is InChI=1S/C11H18N3O2/c12-7-3-2-6-10(13-16)11(15)14-8-4-1-5-9-14/h1,4-5,8-10,13,16H,2-3,6-7,12H2/q+1. The van der Waals surface area contributed by atoms with Crippen molar-refractivity contribution in [1.82, 2.24) is 5.48 Å². The smallest absolute Gasteiger partial charge is 0.330 e. The number of unbranched alkanes of at least 4 members (excludes halogenated alkanes) is 1. The molecule has 5 heteroatoms. The minimum Gasteiger partial charge on any atom is -0.330 e. The van der Waals surface area contributed by atoms with Gasteiger partial charge in [-0.1, -0.05) is 6.07 Å². The van der Waals surface area contributed by atoms with E-state index in [1.165, 1.54) is 4.57 Å². The van der Waals surface area contributed by atoms with Crippen LogP contribution in [-0.4, -0.2) is 23.7 Å². The van der Waals surface area contributed by atoms with Crippen LogP contribution in [0, 0.1) is 0 Å². The van der Waals surface area contributed by atoms with Crippen LogP contribution < -0.4 is 15.8 Å². The Kier molecular flexibility index (Phi) is 5.63. The van der Waals surface area contributed by atoms with Crippen LogP contribution in [0.25, 0.3) is 0 Å². The van der Waals surface area contributed by atoms with E-state index < -0.39 is 6.04 Å². The van der Waals surface area contributed by atoms with Gasteiger partial charge in [0.2, 0.25) is 0 Å². The van der Waals surface area contributed by atoms with E-state index in [-0.39, 0.29) is 5.91 Å². The zero-order chi connectivity index (χ0) is 11.8. The molecular formula is C11H18N3O2+. The van der Waals surface area contributed by atoms with Gasteiger partial charge in [-0.2, -0.15) is 5.48 Å². The summed E-state index contributed by atoms with van der Waals surface area (Å²) in [4.78, 5) is 11.9. The fourth-order valence-electron chi connectivity index (χ4n) is 1.46. The molecule has 0 aliphatic rings. The van der Waals surface area contributed by atoms with Gasteiger partial charge in [0.1, 0.15) is 0 Å². The number of hydroxylamine groups is 1. The Morgan fingerprint density at radius 2 is 2.00 bits per heavy atom. The lowest BCUT2D eigenvalue weighted by Gasteiger charge is -2.08. The molecular weight excluding hydrogens is 206 g/mol. The molecule has 1 heterocycles. The van der Waals surface area contributed by atoms with Crippen molar-refractivity contribution in [3.8, 4) is 0 Å². The van der Waals surface area contributed by atoms with Gasteiger partial charge in [-0.15, -0.1) is 4.57 Å². The summed E-state index contributed by atoms with van der Waals surface area (Å²) in [5.41, 5.74) is 7.42. The molecule has 1 aromatic rings. The summed E-state index contributed by atoms with van der Waals surface area (Å²) >= 11 is 0. The third kappa shape index (κ3) is 3.69. The highest BCUT2D eigenvalue weighted by Crippen LogP contribution is 2.00. The van der Waals surface area contributed by atoms with Gasteiger partial charge in [0.15, 0.2) is 18.4 Å². The Morgan fingerprint density at radius 1 is 1.31 bits per heavy atom. The molecule has 4 N–H and O–H groups in total. The number of pyridine rings is 1. The third-order valence-corrected chi connectivity index (χ3v) is 2.37. The summed E-state index contributed by atoms with van der Waals surface area (Å²) < 4.78 is 1.45. The fraction of sp³-hybridized carbons (Fsp3) is 0.455. The Bertz CT molecular complexity index is 316. The molecule has 5 nitrogen and oxygen atoms in total. The Hall–Kier alpha value is -1.30. The predicted octanol–water partition coefficient (Wildman–Crippen LogP) is 0.0907. The lowest BCUT2D eigenvalue weighted by molar-refractivity contribution is -0.576. The molecule has 16 heavy (non-hydrogen) atoms. The summed E-state index contributed by atoms with van der Waals surface area (Å²) in [5.74, 6) is -0.167. The van der Waals surface area contributed by atoms with Crippen LogP contribution in [0.5, 0.6) is 0 Å². The van der Waals surface area contributed by atoms with Crippen molar-refractivity contribution in [2.75, 3.05) is 6.54 Å². The number of carbonyl (C=O) groups is 1. The van der Waals surface area contributed by atoms with Crippen LogP contribution in [0.15, 0.2) is 30.6 Å². The van der Waals surface area contributed by atoms with E-state index in [0.29, 0.717) is 13.0 Å². The first-order chi connectivity index (χ1) is 7.79. The monoisotopic (exact) mass is 224 g/mol. The Morgan fingerprint density at radius 3 is 2.56 bits per heavy atom. The second-order valence-corrected chi connectivity index (χ2v) is 3.59. The van der Waals surface area contributed by atoms with Crippen LogP contribution in [0.4, 0.5) is 0 Å². The van der Waals surface area contributed by atoms with Gasteiger partial charge in [0, 0.05) is 12.1 Å². The minimum absolute atomic E-state index is 0.167. The highest BCUT2D eigenvalue weighted by molar-refractivity contribution is 5.72. The highest BCUT2D eigenvalue weighted by atomic mass is 16.5. The molecule has 0 saturated carbocycles. The largest absolute Gasteiger partial charge is 0.411 e. The van der Waals surface area contributed by atoms with Crippen LogP contribution in [-0.2, 0) is 0 Å². The summed E-state index contributed by atoms with van der Waals surface area (Å²) in [5, 5.41) is 8.94. The normalized spacial score (nSPS) is 12.4. The number of nitrogens with two attached hydrogens (primary N) is 1. The summed E-state index contributed by atoms with van der Waals surface area (Å²) in [7, 11) is 0. The molecule has 0 amide bonds. The van der Waals surface area contributed by atoms with E-state index in [1.807, 2.05) is 11.5 Å². The summed E-state index contributed by atoms with van der Waals surface area (Å²) in [6.07, 6.45) is 5.57. The van der Waals surface area contributed by atoms with Crippen molar-refractivity contribution < 1.29 is 14.6 Å². The number of carbonyl (C=O) groups excluding carboxylic acids is 1. The molecule has 0 saturated heterocycles. The van der Waals surface area contributed by atoms with E-state index in [2.05, 4.69) is 0 Å². The van der Waals surface area contributed by atoms with E-state index in [9.17, 15) is 4.79 Å². The summed E-state index contributed by atoms with van der Waals surface area (Å²) in [6.45, 7) is 0.602. The van der Waals surface area contributed by atoms with E-state index in [1.54, 1.807) is 24.5 Å². The molecule has 1 rings (SSSR count). The van der Waals surface area contributed by atoms with E-state index in [0.717, 1.165) is 12.8 Å². The first-order valence-corrected chi connectivity index (χ1v) is 5.39. The maximum atomic E-state index is 11.9. The first kappa shape index (κ1) is 12.8. The zero-order valence-corrected chi connectivity index (χ0v) is 9.17. The topological polar surface area (TPSA) is 79.2 Å². The van der Waals surface area contributed by atoms with E-state index >= 15 is 0 Å². The Labute approximate surface area is 94.9 Å². The van der Waals surface area contributed by atoms with Crippen LogP contribution in [0.3, 0.4) is 0 Å². The molecule has 0 aliphatic carbocycles. The van der Waals surface area contributed by atoms with Crippen molar-refractivity contribution in [2.45, 2.75) is 25.3 Å². The third-order valence-electron chi connectivity index (χ3n) is 2.37. The molecule has 0 bridgehead atoms.